The van der Waals surface area contributed by atoms with E-state index in [9.17, 15) is 4.79 Å². The summed E-state index contributed by atoms with van der Waals surface area (Å²) in [6.07, 6.45) is 1.45. The molecule has 9 nitrogen and oxygen atoms in total. The molecule has 182 valence electrons. The Morgan fingerprint density at radius 2 is 1.97 bits per heavy atom. The van der Waals surface area contributed by atoms with E-state index in [0.29, 0.717) is 65.0 Å². The number of rotatable bonds is 12. The number of likely N-dealkylation sites (N-methyl/N-ethyl adjacent to an activating group) is 1. The normalized spacial score (nSPS) is 11.1. The lowest BCUT2D eigenvalue weighted by molar-refractivity contribution is 0.102. The molecule has 1 aromatic carbocycles. The Morgan fingerprint density at radius 1 is 1.18 bits per heavy atom. The van der Waals surface area contributed by atoms with Gasteiger partial charge in [-0.3, -0.25) is 4.79 Å². The molecular formula is C22H26Cl2N6O3S. The topological polar surface area (TPSA) is 115 Å². The zero-order valence-electron chi connectivity index (χ0n) is 18.9. The van der Waals surface area contributed by atoms with Gasteiger partial charge in [-0.25, -0.2) is 9.97 Å². The maximum absolute atomic E-state index is 12.7. The molecule has 0 atom stereocenters. The smallest absolute Gasteiger partial charge is 0.316 e. The standard InChI is InChI=1S/C22H26Cl2N6O3S/c1-14-16(12-26-22(27-14)33-10-7-30(2)6-9-32-8-5-25)20(31)28-19-13-34-21(29-19)15-3-4-17(23)18(24)11-15/h3-4,11-13H,5-10,25H2,1-2H3,(H,28,31). The van der Waals surface area contributed by atoms with Crippen LogP contribution in [0.15, 0.2) is 29.8 Å². The molecule has 0 spiro atoms. The van der Waals surface area contributed by atoms with Gasteiger partial charge in [0.1, 0.15) is 17.4 Å². The van der Waals surface area contributed by atoms with E-state index in [-0.39, 0.29) is 11.9 Å². The Hall–Kier alpha value is -2.34. The molecular weight excluding hydrogens is 499 g/mol. The number of amides is 1. The van der Waals surface area contributed by atoms with Crippen molar-refractivity contribution in [2.45, 2.75) is 6.92 Å². The van der Waals surface area contributed by atoms with Crippen LogP contribution in [0.5, 0.6) is 6.01 Å². The lowest BCUT2D eigenvalue weighted by Gasteiger charge is -2.16. The zero-order valence-corrected chi connectivity index (χ0v) is 21.2. The van der Waals surface area contributed by atoms with Crippen molar-refractivity contribution in [3.8, 4) is 16.6 Å². The summed E-state index contributed by atoms with van der Waals surface area (Å²) in [5.74, 6) is 0.0709. The van der Waals surface area contributed by atoms with Crippen LogP contribution in [-0.2, 0) is 4.74 Å². The van der Waals surface area contributed by atoms with Gasteiger partial charge in [0.15, 0.2) is 0 Å². The molecule has 34 heavy (non-hydrogen) atoms. The van der Waals surface area contributed by atoms with E-state index in [1.807, 2.05) is 13.1 Å². The molecule has 12 heteroatoms. The summed E-state index contributed by atoms with van der Waals surface area (Å²) in [7, 11) is 1.97. The van der Waals surface area contributed by atoms with Gasteiger partial charge < -0.3 is 25.4 Å². The fraction of sp³-hybridized carbons (Fsp3) is 0.364. The fourth-order valence-corrected chi connectivity index (χ4v) is 3.87. The van der Waals surface area contributed by atoms with Crippen LogP contribution in [0.4, 0.5) is 5.82 Å². The lowest BCUT2D eigenvalue weighted by atomic mass is 10.2. The van der Waals surface area contributed by atoms with Gasteiger partial charge in [0.25, 0.3) is 5.91 Å². The Morgan fingerprint density at radius 3 is 2.71 bits per heavy atom. The third-order valence-electron chi connectivity index (χ3n) is 4.70. The molecule has 3 N–H and O–H groups in total. The van der Waals surface area contributed by atoms with E-state index < -0.39 is 0 Å². The third-order valence-corrected chi connectivity index (χ3v) is 6.33. The number of aromatic nitrogens is 3. The van der Waals surface area contributed by atoms with Crippen LogP contribution >= 0.6 is 34.5 Å². The highest BCUT2D eigenvalue weighted by Gasteiger charge is 2.15. The molecule has 3 rings (SSSR count). The molecule has 2 aromatic heterocycles. The number of aryl methyl sites for hydroxylation is 1. The number of thiazole rings is 1. The number of carbonyl (C=O) groups is 1. The largest absolute Gasteiger partial charge is 0.462 e. The first-order valence-electron chi connectivity index (χ1n) is 10.5. The third kappa shape index (κ3) is 7.59. The van der Waals surface area contributed by atoms with Crippen LogP contribution < -0.4 is 15.8 Å². The molecule has 0 bridgehead atoms. The van der Waals surface area contributed by atoms with Gasteiger partial charge in [-0.1, -0.05) is 29.3 Å². The molecule has 0 unspecified atom stereocenters. The quantitative estimate of drug-likeness (QED) is 0.344. The highest BCUT2D eigenvalue weighted by atomic mass is 35.5. The van der Waals surface area contributed by atoms with Crippen molar-refractivity contribution < 1.29 is 14.3 Å². The maximum atomic E-state index is 12.7. The van der Waals surface area contributed by atoms with Crippen molar-refractivity contribution in [1.82, 2.24) is 19.9 Å². The first-order valence-corrected chi connectivity index (χ1v) is 12.2. The Kier molecular flexibility index (Phi) is 10.00. The number of anilines is 1. The molecule has 0 fully saturated rings. The van der Waals surface area contributed by atoms with E-state index in [2.05, 4.69) is 25.2 Å². The van der Waals surface area contributed by atoms with Crippen molar-refractivity contribution in [2.75, 3.05) is 51.8 Å². The van der Waals surface area contributed by atoms with Gasteiger partial charge in [-0.05, 0) is 26.1 Å². The molecule has 1 amide bonds. The van der Waals surface area contributed by atoms with Crippen molar-refractivity contribution in [1.29, 1.82) is 0 Å². The Bertz CT molecular complexity index is 1110. The van der Waals surface area contributed by atoms with E-state index in [1.54, 1.807) is 24.4 Å². The number of hydrogen-bond donors (Lipinski definition) is 2. The number of benzene rings is 1. The van der Waals surface area contributed by atoms with Gasteiger partial charge in [-0.15, -0.1) is 11.3 Å². The highest BCUT2D eigenvalue weighted by molar-refractivity contribution is 7.13. The van der Waals surface area contributed by atoms with Crippen LogP contribution in [0, 0.1) is 6.92 Å². The van der Waals surface area contributed by atoms with Crippen molar-refractivity contribution >= 4 is 46.3 Å². The summed E-state index contributed by atoms with van der Waals surface area (Å²) in [6, 6.07) is 5.48. The minimum absolute atomic E-state index is 0.220. The fourth-order valence-electron chi connectivity index (χ4n) is 2.83. The molecule has 0 aliphatic rings. The molecule has 0 radical (unpaired) electrons. The van der Waals surface area contributed by atoms with Crippen LogP contribution in [0.1, 0.15) is 16.1 Å². The number of nitrogens with one attached hydrogen (secondary N) is 1. The SMILES string of the molecule is Cc1nc(OCCN(C)CCOCCN)ncc1C(=O)Nc1csc(-c2ccc(Cl)c(Cl)c2)n1. The number of nitrogens with zero attached hydrogens (tertiary/aromatic N) is 4. The summed E-state index contributed by atoms with van der Waals surface area (Å²) < 4.78 is 11.0. The van der Waals surface area contributed by atoms with E-state index in [4.69, 9.17) is 38.4 Å². The number of halogens is 2. The average Bonchev–Trinajstić information content (AvgIpc) is 3.27. The van der Waals surface area contributed by atoms with Crippen LogP contribution in [0.2, 0.25) is 10.0 Å². The monoisotopic (exact) mass is 524 g/mol. The van der Waals surface area contributed by atoms with Gasteiger partial charge in [0, 0.05) is 36.8 Å². The second kappa shape index (κ2) is 12.9. The summed E-state index contributed by atoms with van der Waals surface area (Å²) in [4.78, 5) is 27.7. The van der Waals surface area contributed by atoms with E-state index in [0.717, 1.165) is 12.1 Å². The van der Waals surface area contributed by atoms with Crippen LogP contribution in [-0.4, -0.2) is 72.3 Å². The van der Waals surface area contributed by atoms with Crippen LogP contribution in [0.3, 0.4) is 0 Å². The lowest BCUT2D eigenvalue weighted by Crippen LogP contribution is -2.28. The minimum atomic E-state index is -0.354. The molecule has 3 aromatic rings. The predicted molar refractivity (Wildman–Crippen MR) is 135 cm³/mol. The molecule has 0 aliphatic carbocycles. The molecule has 0 saturated heterocycles. The van der Waals surface area contributed by atoms with Gasteiger partial charge in [-0.2, -0.15) is 4.98 Å². The first-order chi connectivity index (χ1) is 16.4. The Labute approximate surface area is 212 Å². The first kappa shape index (κ1) is 26.3. The Balaban J connectivity index is 1.52. The van der Waals surface area contributed by atoms with Gasteiger partial charge >= 0.3 is 6.01 Å². The number of carbonyl (C=O) groups excluding carboxylic acids is 1. The van der Waals surface area contributed by atoms with Crippen LogP contribution in [0.25, 0.3) is 10.6 Å². The zero-order chi connectivity index (χ0) is 24.5. The molecule has 0 aliphatic heterocycles. The molecule has 0 saturated carbocycles. The summed E-state index contributed by atoms with van der Waals surface area (Å²) in [5.41, 5.74) is 7.05. The summed E-state index contributed by atoms with van der Waals surface area (Å²) >= 11 is 13.4. The highest BCUT2D eigenvalue weighted by Crippen LogP contribution is 2.31. The van der Waals surface area contributed by atoms with Crippen molar-refractivity contribution in [3.05, 3.63) is 51.1 Å². The summed E-state index contributed by atoms with van der Waals surface area (Å²) in [6.45, 7) is 5.27. The number of hydrogen-bond acceptors (Lipinski definition) is 9. The average molecular weight is 525 g/mol. The second-order valence-electron chi connectivity index (χ2n) is 7.33. The molecule has 2 heterocycles. The minimum Gasteiger partial charge on any atom is -0.462 e. The number of ether oxygens (including phenoxy) is 2. The van der Waals surface area contributed by atoms with E-state index in [1.165, 1.54) is 17.5 Å². The predicted octanol–water partition coefficient (Wildman–Crippen LogP) is 3.75. The number of nitrogens with two attached hydrogens (primary N) is 1. The second-order valence-corrected chi connectivity index (χ2v) is 9.00. The van der Waals surface area contributed by atoms with Crippen molar-refractivity contribution in [2.24, 2.45) is 5.73 Å². The van der Waals surface area contributed by atoms with Gasteiger partial charge in [0.05, 0.1) is 34.5 Å². The van der Waals surface area contributed by atoms with Gasteiger partial charge in [0.2, 0.25) is 0 Å². The summed E-state index contributed by atoms with van der Waals surface area (Å²) in [5, 5.41) is 6.15. The van der Waals surface area contributed by atoms with Crippen molar-refractivity contribution in [3.63, 3.8) is 0 Å². The van der Waals surface area contributed by atoms with E-state index >= 15 is 0 Å². The maximum Gasteiger partial charge on any atom is 0.316 e.